The second-order valence-electron chi connectivity index (χ2n) is 7.37. The van der Waals surface area contributed by atoms with Crippen LogP contribution < -0.4 is 4.74 Å². The van der Waals surface area contributed by atoms with E-state index in [0.717, 1.165) is 18.8 Å². The summed E-state index contributed by atoms with van der Waals surface area (Å²) in [5, 5.41) is 0. The number of rotatable bonds is 17. The largest absolute Gasteiger partial charge is 0.493 e. The lowest BCUT2D eigenvalue weighted by Gasteiger charge is -2.11. The zero-order valence-electron chi connectivity index (χ0n) is 17.0. The summed E-state index contributed by atoms with van der Waals surface area (Å²) < 4.78 is 6.03. The Morgan fingerprint density at radius 3 is 1.92 bits per heavy atom. The molecule has 0 atom stereocenters. The molecule has 0 aliphatic carbocycles. The van der Waals surface area contributed by atoms with Crippen molar-refractivity contribution in [1.29, 1.82) is 0 Å². The molecule has 0 fully saturated rings. The molecule has 0 bridgehead atoms. The van der Waals surface area contributed by atoms with Crippen molar-refractivity contribution in [2.75, 3.05) is 6.61 Å². The molecule has 25 heavy (non-hydrogen) atoms. The quantitative estimate of drug-likeness (QED) is 0.261. The highest BCUT2D eigenvalue weighted by Gasteiger charge is 2.03. The van der Waals surface area contributed by atoms with Gasteiger partial charge in [-0.05, 0) is 37.0 Å². The number of benzene rings is 1. The summed E-state index contributed by atoms with van der Waals surface area (Å²) in [5.41, 5.74) is 1.37. The highest BCUT2D eigenvalue weighted by Crippen LogP contribution is 2.21. The maximum atomic E-state index is 6.03. The second-order valence-corrected chi connectivity index (χ2v) is 7.37. The zero-order valence-corrected chi connectivity index (χ0v) is 17.0. The van der Waals surface area contributed by atoms with E-state index in [0.29, 0.717) is 0 Å². The molecule has 0 spiro atoms. The molecule has 0 aliphatic heterocycles. The van der Waals surface area contributed by atoms with E-state index >= 15 is 0 Å². The van der Waals surface area contributed by atoms with E-state index in [1.165, 1.54) is 95.5 Å². The lowest BCUT2D eigenvalue weighted by atomic mass is 10.0. The molecule has 0 saturated heterocycles. The molecule has 1 heteroatoms. The summed E-state index contributed by atoms with van der Waals surface area (Å²) in [7, 11) is 0. The standard InChI is InChI=1S/C24H41O/c1-3-5-7-9-11-12-13-15-19-23-20-16-17-21-24(23)25-22-18-14-10-8-6-4-2/h16,20-21H,3-15,18-19,22H2,1-2H3. The molecule has 1 aromatic carbocycles. The highest BCUT2D eigenvalue weighted by molar-refractivity contribution is 5.32. The van der Waals surface area contributed by atoms with Gasteiger partial charge in [-0.3, -0.25) is 0 Å². The minimum absolute atomic E-state index is 0.856. The Morgan fingerprint density at radius 1 is 0.720 bits per heavy atom. The summed E-state index contributed by atoms with van der Waals surface area (Å²) >= 11 is 0. The molecule has 0 heterocycles. The van der Waals surface area contributed by atoms with Crippen molar-refractivity contribution >= 4 is 0 Å². The van der Waals surface area contributed by atoms with Gasteiger partial charge in [0.05, 0.1) is 6.61 Å². The van der Waals surface area contributed by atoms with Gasteiger partial charge in [-0.2, -0.15) is 0 Å². The number of hydrogen-bond donors (Lipinski definition) is 0. The van der Waals surface area contributed by atoms with Crippen molar-refractivity contribution in [3.05, 3.63) is 29.8 Å². The van der Waals surface area contributed by atoms with Crippen molar-refractivity contribution in [2.24, 2.45) is 0 Å². The van der Waals surface area contributed by atoms with Crippen molar-refractivity contribution in [3.8, 4) is 5.75 Å². The minimum Gasteiger partial charge on any atom is -0.493 e. The second kappa shape index (κ2) is 16.5. The van der Waals surface area contributed by atoms with Crippen LogP contribution in [0, 0.1) is 6.07 Å². The lowest BCUT2D eigenvalue weighted by Crippen LogP contribution is -2.00. The van der Waals surface area contributed by atoms with Crippen LogP contribution in [0.5, 0.6) is 5.75 Å². The highest BCUT2D eigenvalue weighted by atomic mass is 16.5. The molecule has 143 valence electrons. The number of ether oxygens (including phenoxy) is 1. The summed E-state index contributed by atoms with van der Waals surface area (Å²) in [4.78, 5) is 0. The maximum absolute atomic E-state index is 6.03. The van der Waals surface area contributed by atoms with Crippen LogP contribution in [0.4, 0.5) is 0 Å². The first kappa shape index (κ1) is 22.1. The van der Waals surface area contributed by atoms with E-state index in [-0.39, 0.29) is 0 Å². The predicted molar refractivity (Wildman–Crippen MR) is 110 cm³/mol. The molecular weight excluding hydrogens is 304 g/mol. The molecule has 0 amide bonds. The molecule has 0 aromatic heterocycles. The van der Waals surface area contributed by atoms with E-state index in [1.807, 2.05) is 12.1 Å². The molecular formula is C24H41O. The van der Waals surface area contributed by atoms with Crippen molar-refractivity contribution in [3.63, 3.8) is 0 Å². The van der Waals surface area contributed by atoms with Crippen LogP contribution in [0.3, 0.4) is 0 Å². The molecule has 0 aliphatic rings. The number of aryl methyl sites for hydroxylation is 1. The molecule has 0 unspecified atom stereocenters. The van der Waals surface area contributed by atoms with Gasteiger partial charge in [0, 0.05) is 0 Å². The zero-order chi connectivity index (χ0) is 18.0. The van der Waals surface area contributed by atoms with E-state index in [9.17, 15) is 0 Å². The average Bonchev–Trinajstić information content (AvgIpc) is 2.64. The van der Waals surface area contributed by atoms with Gasteiger partial charge in [0.15, 0.2) is 0 Å². The van der Waals surface area contributed by atoms with E-state index in [1.54, 1.807) is 0 Å². The number of hydrogen-bond acceptors (Lipinski definition) is 1. The van der Waals surface area contributed by atoms with Gasteiger partial charge in [0.2, 0.25) is 0 Å². The van der Waals surface area contributed by atoms with Crippen LogP contribution in [0.25, 0.3) is 0 Å². The van der Waals surface area contributed by atoms with E-state index in [4.69, 9.17) is 4.74 Å². The normalized spacial score (nSPS) is 11.0. The van der Waals surface area contributed by atoms with Crippen molar-refractivity contribution in [1.82, 2.24) is 0 Å². The maximum Gasteiger partial charge on any atom is 0.123 e. The van der Waals surface area contributed by atoms with Crippen molar-refractivity contribution in [2.45, 2.75) is 110 Å². The van der Waals surface area contributed by atoms with Crippen LogP contribution in [0.15, 0.2) is 18.2 Å². The predicted octanol–water partition coefficient (Wildman–Crippen LogP) is 7.91. The van der Waals surface area contributed by atoms with Gasteiger partial charge in [0.25, 0.3) is 0 Å². The Bertz CT molecular complexity index is 399. The van der Waals surface area contributed by atoms with Gasteiger partial charge in [0.1, 0.15) is 5.75 Å². The Morgan fingerprint density at radius 2 is 1.28 bits per heavy atom. The molecule has 1 radical (unpaired) electrons. The Hall–Kier alpha value is -0.980. The molecule has 1 rings (SSSR count). The van der Waals surface area contributed by atoms with Crippen LogP contribution in [-0.2, 0) is 6.42 Å². The topological polar surface area (TPSA) is 9.23 Å². The first-order valence-electron chi connectivity index (χ1n) is 11.0. The number of unbranched alkanes of at least 4 members (excludes halogenated alkanes) is 12. The average molecular weight is 346 g/mol. The third kappa shape index (κ3) is 12.1. The smallest absolute Gasteiger partial charge is 0.123 e. The molecule has 0 N–H and O–H groups in total. The summed E-state index contributed by atoms with van der Waals surface area (Å²) in [6, 6.07) is 9.42. The van der Waals surface area contributed by atoms with Gasteiger partial charge in [-0.25, -0.2) is 0 Å². The first-order chi connectivity index (χ1) is 12.4. The SMILES string of the molecule is CCCCCCCCCCc1cc[c]cc1OCCCCCCCC. The van der Waals surface area contributed by atoms with Crippen LogP contribution >= 0.6 is 0 Å². The van der Waals surface area contributed by atoms with Gasteiger partial charge in [-0.15, -0.1) is 0 Å². The Balaban J connectivity index is 2.12. The van der Waals surface area contributed by atoms with Gasteiger partial charge >= 0.3 is 0 Å². The Labute approximate surface area is 157 Å². The van der Waals surface area contributed by atoms with Crippen LogP contribution in [-0.4, -0.2) is 6.61 Å². The minimum atomic E-state index is 0.856. The summed E-state index contributed by atoms with van der Waals surface area (Å²) in [6.07, 6.45) is 20.0. The lowest BCUT2D eigenvalue weighted by molar-refractivity contribution is 0.301. The van der Waals surface area contributed by atoms with Crippen LogP contribution in [0.1, 0.15) is 109 Å². The molecule has 0 saturated carbocycles. The fourth-order valence-corrected chi connectivity index (χ4v) is 3.30. The molecule has 1 nitrogen and oxygen atoms in total. The first-order valence-corrected chi connectivity index (χ1v) is 11.0. The van der Waals surface area contributed by atoms with Gasteiger partial charge in [-0.1, -0.05) is 103 Å². The van der Waals surface area contributed by atoms with E-state index in [2.05, 4.69) is 26.0 Å². The van der Waals surface area contributed by atoms with Crippen molar-refractivity contribution < 1.29 is 4.74 Å². The summed E-state index contributed by atoms with van der Waals surface area (Å²) in [5.74, 6) is 1.07. The van der Waals surface area contributed by atoms with Gasteiger partial charge < -0.3 is 4.74 Å². The molecule has 1 aromatic rings. The summed E-state index contributed by atoms with van der Waals surface area (Å²) in [6.45, 7) is 5.40. The van der Waals surface area contributed by atoms with E-state index < -0.39 is 0 Å². The third-order valence-electron chi connectivity index (χ3n) is 4.97. The van der Waals surface area contributed by atoms with Crippen LogP contribution in [0.2, 0.25) is 0 Å². The monoisotopic (exact) mass is 345 g/mol. The fraction of sp³-hybridized carbons (Fsp3) is 0.750. The third-order valence-corrected chi connectivity index (χ3v) is 4.97. The fourth-order valence-electron chi connectivity index (χ4n) is 3.30. The Kier molecular flexibility index (Phi) is 14.5.